The second-order valence-corrected chi connectivity index (χ2v) is 5.59. The number of nitrogens with one attached hydrogen (secondary N) is 1. The number of amides is 1. The SMILES string of the molecule is CCn1nnc2cc(C(=O)NCc3ccc(F)cc3C(F)(F)F)ccc21. The topological polar surface area (TPSA) is 59.8 Å². The Morgan fingerprint density at radius 3 is 2.65 bits per heavy atom. The number of hydrogen-bond acceptors (Lipinski definition) is 3. The predicted octanol–water partition coefficient (Wildman–Crippen LogP) is 3.54. The van der Waals surface area contributed by atoms with Crippen LogP contribution in [-0.2, 0) is 19.3 Å². The Kier molecular flexibility index (Phi) is 4.62. The molecule has 1 aromatic heterocycles. The summed E-state index contributed by atoms with van der Waals surface area (Å²) in [4.78, 5) is 12.2. The summed E-state index contributed by atoms with van der Waals surface area (Å²) < 4.78 is 53.7. The second kappa shape index (κ2) is 6.74. The maximum atomic E-state index is 13.1. The van der Waals surface area contributed by atoms with E-state index in [1.807, 2.05) is 6.92 Å². The van der Waals surface area contributed by atoms with Gasteiger partial charge in [-0.1, -0.05) is 11.3 Å². The zero-order valence-electron chi connectivity index (χ0n) is 13.6. The Morgan fingerprint density at radius 2 is 1.96 bits per heavy atom. The first-order chi connectivity index (χ1) is 12.3. The number of aromatic nitrogens is 3. The van der Waals surface area contributed by atoms with E-state index in [2.05, 4.69) is 15.6 Å². The zero-order chi connectivity index (χ0) is 18.9. The summed E-state index contributed by atoms with van der Waals surface area (Å²) in [6.45, 7) is 2.14. The lowest BCUT2D eigenvalue weighted by Gasteiger charge is -2.13. The fourth-order valence-electron chi connectivity index (χ4n) is 2.59. The molecule has 136 valence electrons. The van der Waals surface area contributed by atoms with Crippen LogP contribution in [0.4, 0.5) is 17.6 Å². The Hall–Kier alpha value is -2.97. The van der Waals surface area contributed by atoms with Crippen LogP contribution in [0.1, 0.15) is 28.4 Å². The number of carbonyl (C=O) groups excluding carboxylic acids is 1. The highest BCUT2D eigenvalue weighted by Gasteiger charge is 2.33. The van der Waals surface area contributed by atoms with Crippen molar-refractivity contribution in [3.05, 3.63) is 58.9 Å². The number of rotatable bonds is 4. The Bertz CT molecular complexity index is 965. The summed E-state index contributed by atoms with van der Waals surface area (Å²) >= 11 is 0. The van der Waals surface area contributed by atoms with Crippen LogP contribution < -0.4 is 5.32 Å². The molecule has 1 heterocycles. The maximum Gasteiger partial charge on any atom is 0.416 e. The quantitative estimate of drug-likeness (QED) is 0.719. The minimum absolute atomic E-state index is 0.217. The molecule has 0 bridgehead atoms. The largest absolute Gasteiger partial charge is 0.416 e. The number of alkyl halides is 3. The van der Waals surface area contributed by atoms with Gasteiger partial charge in [-0.3, -0.25) is 4.79 Å². The molecule has 0 aliphatic rings. The Balaban J connectivity index is 1.79. The van der Waals surface area contributed by atoms with Gasteiger partial charge in [0, 0.05) is 18.7 Å². The van der Waals surface area contributed by atoms with Crippen molar-refractivity contribution < 1.29 is 22.4 Å². The highest BCUT2D eigenvalue weighted by Crippen LogP contribution is 2.32. The fourth-order valence-corrected chi connectivity index (χ4v) is 2.59. The molecule has 9 heteroatoms. The van der Waals surface area contributed by atoms with Crippen molar-refractivity contribution in [3.8, 4) is 0 Å². The second-order valence-electron chi connectivity index (χ2n) is 5.59. The third kappa shape index (κ3) is 3.51. The van der Waals surface area contributed by atoms with Crippen molar-refractivity contribution in [1.82, 2.24) is 20.3 Å². The van der Waals surface area contributed by atoms with Crippen LogP contribution in [0.2, 0.25) is 0 Å². The number of benzene rings is 2. The van der Waals surface area contributed by atoms with E-state index in [1.165, 1.54) is 6.07 Å². The lowest BCUT2D eigenvalue weighted by atomic mass is 10.1. The van der Waals surface area contributed by atoms with E-state index in [0.29, 0.717) is 18.1 Å². The Morgan fingerprint density at radius 1 is 1.19 bits per heavy atom. The number of fused-ring (bicyclic) bond motifs is 1. The van der Waals surface area contributed by atoms with Gasteiger partial charge in [-0.15, -0.1) is 5.10 Å². The number of aryl methyl sites for hydroxylation is 1. The van der Waals surface area contributed by atoms with Gasteiger partial charge < -0.3 is 5.32 Å². The van der Waals surface area contributed by atoms with E-state index in [4.69, 9.17) is 0 Å². The first kappa shape index (κ1) is 17.8. The molecular weight excluding hydrogens is 352 g/mol. The van der Waals surface area contributed by atoms with E-state index in [1.54, 1.807) is 16.8 Å². The summed E-state index contributed by atoms with van der Waals surface area (Å²) in [5.74, 6) is -1.55. The number of hydrogen-bond donors (Lipinski definition) is 1. The molecule has 2 aromatic carbocycles. The average molecular weight is 366 g/mol. The lowest BCUT2D eigenvalue weighted by molar-refractivity contribution is -0.138. The smallest absolute Gasteiger partial charge is 0.348 e. The predicted molar refractivity (Wildman–Crippen MR) is 85.8 cm³/mol. The molecule has 3 rings (SSSR count). The van der Waals surface area contributed by atoms with Gasteiger partial charge in [-0.05, 0) is 42.8 Å². The number of halogens is 4. The monoisotopic (exact) mass is 366 g/mol. The van der Waals surface area contributed by atoms with Gasteiger partial charge in [0.25, 0.3) is 5.91 Å². The molecule has 26 heavy (non-hydrogen) atoms. The van der Waals surface area contributed by atoms with Crippen LogP contribution in [0.3, 0.4) is 0 Å². The van der Waals surface area contributed by atoms with Gasteiger partial charge in [0.05, 0.1) is 11.1 Å². The van der Waals surface area contributed by atoms with Crippen LogP contribution in [0.25, 0.3) is 11.0 Å². The van der Waals surface area contributed by atoms with E-state index in [9.17, 15) is 22.4 Å². The van der Waals surface area contributed by atoms with Crippen molar-refractivity contribution in [1.29, 1.82) is 0 Å². The van der Waals surface area contributed by atoms with E-state index >= 15 is 0 Å². The molecule has 5 nitrogen and oxygen atoms in total. The van der Waals surface area contributed by atoms with Crippen molar-refractivity contribution in [3.63, 3.8) is 0 Å². The molecule has 0 unspecified atom stereocenters. The maximum absolute atomic E-state index is 13.1. The first-order valence-electron chi connectivity index (χ1n) is 7.76. The molecule has 0 aliphatic heterocycles. The number of carbonyl (C=O) groups is 1. The summed E-state index contributed by atoms with van der Waals surface area (Å²) in [5.41, 5.74) is 0.180. The highest BCUT2D eigenvalue weighted by atomic mass is 19.4. The van der Waals surface area contributed by atoms with Gasteiger partial charge in [-0.2, -0.15) is 13.2 Å². The van der Waals surface area contributed by atoms with Crippen LogP contribution in [0.15, 0.2) is 36.4 Å². The van der Waals surface area contributed by atoms with Gasteiger partial charge in [-0.25, -0.2) is 9.07 Å². The van der Waals surface area contributed by atoms with Crippen molar-refractivity contribution in [2.24, 2.45) is 0 Å². The third-order valence-electron chi connectivity index (χ3n) is 3.89. The third-order valence-corrected chi connectivity index (χ3v) is 3.89. The molecule has 0 atom stereocenters. The van der Waals surface area contributed by atoms with Gasteiger partial charge in [0.2, 0.25) is 0 Å². The summed E-state index contributed by atoms with van der Waals surface area (Å²) in [7, 11) is 0. The molecule has 1 amide bonds. The van der Waals surface area contributed by atoms with Crippen LogP contribution in [0.5, 0.6) is 0 Å². The van der Waals surface area contributed by atoms with Crippen molar-refractivity contribution in [2.45, 2.75) is 26.2 Å². The lowest BCUT2D eigenvalue weighted by Crippen LogP contribution is -2.24. The zero-order valence-corrected chi connectivity index (χ0v) is 13.6. The Labute approximate surface area is 145 Å². The highest BCUT2D eigenvalue weighted by molar-refractivity contribution is 5.97. The molecule has 3 aromatic rings. The van der Waals surface area contributed by atoms with E-state index < -0.39 is 23.5 Å². The van der Waals surface area contributed by atoms with Crippen LogP contribution >= 0.6 is 0 Å². The normalized spacial score (nSPS) is 11.7. The van der Waals surface area contributed by atoms with Crippen molar-refractivity contribution in [2.75, 3.05) is 0 Å². The molecule has 1 N–H and O–H groups in total. The molecular formula is C17H14F4N4O. The number of nitrogens with zero attached hydrogens (tertiary/aromatic N) is 3. The molecule has 0 saturated carbocycles. The standard InChI is InChI=1S/C17H14F4N4O/c1-2-25-15-6-4-10(7-14(15)23-24-25)16(26)22-9-11-3-5-12(18)8-13(11)17(19,20)21/h3-8H,2,9H2,1H3,(H,22,26). The van der Waals surface area contributed by atoms with E-state index in [-0.39, 0.29) is 17.7 Å². The van der Waals surface area contributed by atoms with E-state index in [0.717, 1.165) is 17.6 Å². The van der Waals surface area contributed by atoms with Crippen molar-refractivity contribution >= 4 is 16.9 Å². The molecule has 0 radical (unpaired) electrons. The van der Waals surface area contributed by atoms with Gasteiger partial charge >= 0.3 is 6.18 Å². The fraction of sp³-hybridized carbons (Fsp3) is 0.235. The van der Waals surface area contributed by atoms with Crippen LogP contribution in [-0.4, -0.2) is 20.9 Å². The first-order valence-corrected chi connectivity index (χ1v) is 7.76. The average Bonchev–Trinajstić information content (AvgIpc) is 3.01. The van der Waals surface area contributed by atoms with Gasteiger partial charge in [0.1, 0.15) is 11.3 Å². The minimum atomic E-state index is -4.71. The van der Waals surface area contributed by atoms with Crippen LogP contribution in [0, 0.1) is 5.82 Å². The molecule has 0 fully saturated rings. The molecule has 0 spiro atoms. The minimum Gasteiger partial charge on any atom is -0.348 e. The summed E-state index contributed by atoms with van der Waals surface area (Å²) in [6, 6.07) is 7.07. The molecule has 0 aliphatic carbocycles. The summed E-state index contributed by atoms with van der Waals surface area (Å²) in [6.07, 6.45) is -4.71. The summed E-state index contributed by atoms with van der Waals surface area (Å²) in [5, 5.41) is 10.3. The van der Waals surface area contributed by atoms with Gasteiger partial charge in [0.15, 0.2) is 0 Å². The molecule has 0 saturated heterocycles.